The van der Waals surface area contributed by atoms with Gasteiger partial charge in [0, 0.05) is 25.5 Å². The second-order valence-electron chi connectivity index (χ2n) is 4.86. The van der Waals surface area contributed by atoms with Gasteiger partial charge in [-0.2, -0.15) is 5.10 Å². The smallest absolute Gasteiger partial charge is 0.321 e. The molecule has 1 aromatic carbocycles. The Hall–Kier alpha value is -2.08. The number of nitrogens with zero attached hydrogens (tertiary/aromatic N) is 3. The van der Waals surface area contributed by atoms with Gasteiger partial charge < -0.3 is 10.2 Å². The molecule has 0 spiro atoms. The molecule has 0 saturated heterocycles. The van der Waals surface area contributed by atoms with Gasteiger partial charge in [-0.15, -0.1) is 0 Å². The van der Waals surface area contributed by atoms with Crippen LogP contribution in [-0.4, -0.2) is 33.8 Å². The summed E-state index contributed by atoms with van der Waals surface area (Å²) in [5.41, 5.74) is 0.836. The van der Waals surface area contributed by atoms with Crippen LogP contribution in [0.2, 0.25) is 5.02 Å². The fourth-order valence-electron chi connectivity index (χ4n) is 2.01. The van der Waals surface area contributed by atoms with E-state index >= 15 is 0 Å². The van der Waals surface area contributed by atoms with Crippen LogP contribution < -0.4 is 5.32 Å². The second-order valence-corrected chi connectivity index (χ2v) is 5.27. The highest BCUT2D eigenvalue weighted by Gasteiger charge is 2.14. The van der Waals surface area contributed by atoms with Crippen molar-refractivity contribution in [2.75, 3.05) is 18.4 Å². The first-order valence-electron chi connectivity index (χ1n) is 7.00. The minimum Gasteiger partial charge on any atom is -0.323 e. The molecule has 1 N–H and O–H groups in total. The summed E-state index contributed by atoms with van der Waals surface area (Å²) in [4.78, 5) is 13.9. The van der Waals surface area contributed by atoms with Crippen molar-refractivity contribution >= 4 is 23.3 Å². The maximum absolute atomic E-state index is 13.4. The molecule has 0 unspecified atom stereocenters. The van der Waals surface area contributed by atoms with Crippen molar-refractivity contribution < 1.29 is 9.18 Å². The Morgan fingerprint density at radius 2 is 2.27 bits per heavy atom. The molecule has 2 rings (SSSR count). The van der Waals surface area contributed by atoms with E-state index < -0.39 is 5.82 Å². The van der Waals surface area contributed by atoms with E-state index in [0.717, 1.165) is 0 Å². The van der Waals surface area contributed by atoms with Gasteiger partial charge in [-0.1, -0.05) is 11.6 Å². The van der Waals surface area contributed by atoms with Crippen molar-refractivity contribution in [3.8, 4) is 0 Å². The summed E-state index contributed by atoms with van der Waals surface area (Å²) in [6.45, 7) is 5.17. The zero-order valence-electron chi connectivity index (χ0n) is 12.5. The van der Waals surface area contributed by atoms with Crippen LogP contribution in [0.25, 0.3) is 0 Å². The molecule has 0 bridgehead atoms. The summed E-state index contributed by atoms with van der Waals surface area (Å²) >= 11 is 5.96. The molecule has 7 heteroatoms. The molecule has 0 atom stereocenters. The molecule has 5 nitrogen and oxygen atoms in total. The Bertz CT molecular complexity index is 645. The van der Waals surface area contributed by atoms with E-state index in [4.69, 9.17) is 11.6 Å². The first kappa shape index (κ1) is 16.3. The van der Waals surface area contributed by atoms with E-state index in [0.29, 0.717) is 30.9 Å². The predicted molar refractivity (Wildman–Crippen MR) is 84.6 cm³/mol. The normalized spacial score (nSPS) is 10.5. The van der Waals surface area contributed by atoms with Crippen LogP contribution in [0.1, 0.15) is 12.5 Å². The van der Waals surface area contributed by atoms with Crippen molar-refractivity contribution in [2.45, 2.75) is 20.4 Å². The van der Waals surface area contributed by atoms with E-state index in [-0.39, 0.29) is 11.1 Å². The quantitative estimate of drug-likeness (QED) is 0.914. The third-order valence-corrected chi connectivity index (χ3v) is 3.63. The molecule has 0 fully saturated rings. The van der Waals surface area contributed by atoms with Crippen LogP contribution >= 0.6 is 11.6 Å². The van der Waals surface area contributed by atoms with Crippen molar-refractivity contribution in [2.24, 2.45) is 0 Å². The first-order chi connectivity index (χ1) is 10.5. The summed E-state index contributed by atoms with van der Waals surface area (Å²) in [5, 5.41) is 6.99. The number of carbonyl (C=O) groups is 1. The fraction of sp³-hybridized carbons (Fsp3) is 0.333. The number of anilines is 1. The largest absolute Gasteiger partial charge is 0.323 e. The van der Waals surface area contributed by atoms with Gasteiger partial charge in [0.25, 0.3) is 0 Å². The van der Waals surface area contributed by atoms with E-state index in [9.17, 15) is 9.18 Å². The molecule has 0 aliphatic carbocycles. The number of amides is 2. The van der Waals surface area contributed by atoms with Gasteiger partial charge >= 0.3 is 6.03 Å². The van der Waals surface area contributed by atoms with Gasteiger partial charge in [0.2, 0.25) is 0 Å². The zero-order valence-corrected chi connectivity index (χ0v) is 13.3. The average Bonchev–Trinajstić information content (AvgIpc) is 2.98. The Kier molecular flexibility index (Phi) is 5.38. The topological polar surface area (TPSA) is 50.2 Å². The lowest BCUT2D eigenvalue weighted by molar-refractivity contribution is 0.211. The number of likely N-dealkylation sites (N-methyl/N-ethyl adjacent to an activating group) is 1. The lowest BCUT2D eigenvalue weighted by atomic mass is 10.2. The van der Waals surface area contributed by atoms with Gasteiger partial charge in [0.05, 0.1) is 17.3 Å². The molecular weight excluding hydrogens is 307 g/mol. The third-order valence-electron chi connectivity index (χ3n) is 3.32. The molecule has 2 aromatic rings. The van der Waals surface area contributed by atoms with Gasteiger partial charge in [-0.3, -0.25) is 4.68 Å². The van der Waals surface area contributed by atoms with E-state index in [1.54, 1.807) is 22.7 Å². The monoisotopic (exact) mass is 324 g/mol. The molecule has 0 aliphatic heterocycles. The Morgan fingerprint density at radius 3 is 2.91 bits per heavy atom. The fourth-order valence-corrected chi connectivity index (χ4v) is 2.20. The minimum atomic E-state index is -0.394. The first-order valence-corrected chi connectivity index (χ1v) is 7.38. The van der Waals surface area contributed by atoms with Crippen molar-refractivity contribution in [3.63, 3.8) is 0 Å². The lowest BCUT2D eigenvalue weighted by Crippen LogP contribution is -2.37. The highest BCUT2D eigenvalue weighted by molar-refractivity contribution is 6.33. The van der Waals surface area contributed by atoms with Crippen molar-refractivity contribution in [3.05, 3.63) is 47.0 Å². The van der Waals surface area contributed by atoms with Crippen LogP contribution in [0.5, 0.6) is 0 Å². The molecule has 2 amide bonds. The highest BCUT2D eigenvalue weighted by atomic mass is 35.5. The van der Waals surface area contributed by atoms with E-state index in [1.807, 2.05) is 19.2 Å². The molecule has 0 radical (unpaired) electrons. The third kappa shape index (κ3) is 3.98. The van der Waals surface area contributed by atoms with E-state index in [1.165, 1.54) is 12.1 Å². The summed E-state index contributed by atoms with van der Waals surface area (Å²) in [7, 11) is 0. The van der Waals surface area contributed by atoms with Crippen molar-refractivity contribution in [1.82, 2.24) is 14.7 Å². The highest BCUT2D eigenvalue weighted by Crippen LogP contribution is 2.25. The standard InChI is InChI=1S/C15H18ClFN4O/c1-3-20(7-8-21-6-4-5-18-21)15(22)19-14-9-11(2)13(17)10-12(14)16/h4-6,9-10H,3,7-8H2,1-2H3,(H,19,22). The molecule has 0 saturated carbocycles. The molecule has 118 valence electrons. The van der Waals surface area contributed by atoms with Crippen LogP contribution in [0.3, 0.4) is 0 Å². The zero-order chi connectivity index (χ0) is 16.1. The number of benzene rings is 1. The van der Waals surface area contributed by atoms with Gasteiger partial charge in [0.1, 0.15) is 5.82 Å². The summed E-state index contributed by atoms with van der Waals surface area (Å²) in [6, 6.07) is 4.28. The number of hydrogen-bond donors (Lipinski definition) is 1. The predicted octanol–water partition coefficient (Wildman–Crippen LogP) is 3.54. The average molecular weight is 325 g/mol. The molecule has 1 heterocycles. The van der Waals surface area contributed by atoms with Crippen LogP contribution in [-0.2, 0) is 6.54 Å². The Labute approximate surface area is 133 Å². The summed E-state index contributed by atoms with van der Waals surface area (Å²) < 4.78 is 15.1. The number of rotatable bonds is 5. The van der Waals surface area contributed by atoms with Crippen LogP contribution in [0, 0.1) is 12.7 Å². The molecule has 0 aliphatic rings. The lowest BCUT2D eigenvalue weighted by Gasteiger charge is -2.22. The SMILES string of the molecule is CCN(CCn1cccn1)C(=O)Nc1cc(C)c(F)cc1Cl. The number of aromatic nitrogens is 2. The summed E-state index contributed by atoms with van der Waals surface area (Å²) in [6.07, 6.45) is 3.53. The van der Waals surface area contributed by atoms with Crippen molar-refractivity contribution in [1.29, 1.82) is 0 Å². The van der Waals surface area contributed by atoms with Gasteiger partial charge in [-0.05, 0) is 37.6 Å². The Morgan fingerprint density at radius 1 is 1.50 bits per heavy atom. The van der Waals surface area contributed by atoms with Gasteiger partial charge in [0.15, 0.2) is 0 Å². The Balaban J connectivity index is 2.01. The van der Waals surface area contributed by atoms with Crippen LogP contribution in [0.4, 0.5) is 14.9 Å². The molecule has 22 heavy (non-hydrogen) atoms. The number of hydrogen-bond acceptors (Lipinski definition) is 2. The minimum absolute atomic E-state index is 0.180. The maximum Gasteiger partial charge on any atom is 0.321 e. The number of halogens is 2. The molecule has 1 aromatic heterocycles. The number of carbonyl (C=O) groups excluding carboxylic acids is 1. The number of nitrogens with one attached hydrogen (secondary N) is 1. The number of aryl methyl sites for hydroxylation is 1. The second kappa shape index (κ2) is 7.26. The summed E-state index contributed by atoms with van der Waals surface area (Å²) in [5.74, 6) is -0.394. The maximum atomic E-state index is 13.4. The van der Waals surface area contributed by atoms with Gasteiger partial charge in [-0.25, -0.2) is 9.18 Å². The van der Waals surface area contributed by atoms with Crippen LogP contribution in [0.15, 0.2) is 30.6 Å². The number of urea groups is 1. The van der Waals surface area contributed by atoms with E-state index in [2.05, 4.69) is 10.4 Å². The molecular formula is C15H18ClFN4O.